The molecule has 0 saturated carbocycles. The number of fused-ring (bicyclic) bond motifs is 1. The number of aliphatic hydroxyl groups is 1. The molecule has 2 fully saturated rings. The summed E-state index contributed by atoms with van der Waals surface area (Å²) in [6.45, 7) is 3.79. The van der Waals surface area contributed by atoms with E-state index in [2.05, 4.69) is 16.0 Å². The SMILES string of the molecule is Cc1ccc(NC(=O)N[C@H]2C[C@H]3C(=O)N[C@H](CO)C(=O)N3C2)cc1C. The van der Waals surface area contributed by atoms with E-state index in [1.54, 1.807) is 0 Å². The molecule has 1 aromatic rings. The lowest BCUT2D eigenvalue weighted by Gasteiger charge is -2.33. The smallest absolute Gasteiger partial charge is 0.319 e. The van der Waals surface area contributed by atoms with Gasteiger partial charge in [-0.05, 0) is 43.5 Å². The van der Waals surface area contributed by atoms with Gasteiger partial charge in [0.15, 0.2) is 0 Å². The van der Waals surface area contributed by atoms with Crippen LogP contribution >= 0.6 is 0 Å². The minimum absolute atomic E-state index is 0.258. The summed E-state index contributed by atoms with van der Waals surface area (Å²) in [5, 5.41) is 17.3. The Bertz CT molecular complexity index is 721. The van der Waals surface area contributed by atoms with E-state index in [0.29, 0.717) is 12.1 Å². The van der Waals surface area contributed by atoms with Gasteiger partial charge in [-0.2, -0.15) is 0 Å². The molecule has 0 unspecified atom stereocenters. The van der Waals surface area contributed by atoms with E-state index in [-0.39, 0.29) is 30.4 Å². The van der Waals surface area contributed by atoms with Gasteiger partial charge in [0.2, 0.25) is 11.8 Å². The Morgan fingerprint density at radius 1 is 1.32 bits per heavy atom. The summed E-state index contributed by atoms with van der Waals surface area (Å²) >= 11 is 0. The lowest BCUT2D eigenvalue weighted by Crippen LogP contribution is -2.62. The van der Waals surface area contributed by atoms with Crippen molar-refractivity contribution in [2.75, 3.05) is 18.5 Å². The van der Waals surface area contributed by atoms with Gasteiger partial charge >= 0.3 is 6.03 Å². The fourth-order valence-electron chi connectivity index (χ4n) is 3.26. The third kappa shape index (κ3) is 3.43. The van der Waals surface area contributed by atoms with Crippen LogP contribution in [-0.4, -0.2) is 59.1 Å². The van der Waals surface area contributed by atoms with Gasteiger partial charge in [-0.25, -0.2) is 4.79 Å². The number of rotatable bonds is 3. The fraction of sp³-hybridized carbons (Fsp3) is 0.471. The van der Waals surface area contributed by atoms with Gasteiger partial charge in [0.05, 0.1) is 12.6 Å². The number of carbonyl (C=O) groups excluding carboxylic acids is 3. The second-order valence-electron chi connectivity index (χ2n) is 6.58. The van der Waals surface area contributed by atoms with Crippen molar-refractivity contribution in [3.8, 4) is 0 Å². The Morgan fingerprint density at radius 2 is 2.08 bits per heavy atom. The molecule has 1 aromatic carbocycles. The fourth-order valence-corrected chi connectivity index (χ4v) is 3.26. The molecule has 2 heterocycles. The molecule has 25 heavy (non-hydrogen) atoms. The molecule has 2 aliphatic heterocycles. The van der Waals surface area contributed by atoms with Gasteiger partial charge in [0.25, 0.3) is 0 Å². The number of hydrogen-bond acceptors (Lipinski definition) is 4. The molecule has 0 aromatic heterocycles. The first kappa shape index (κ1) is 17.2. The lowest BCUT2D eigenvalue weighted by atomic mass is 10.1. The van der Waals surface area contributed by atoms with E-state index in [1.165, 1.54) is 4.90 Å². The molecule has 2 saturated heterocycles. The van der Waals surface area contributed by atoms with Crippen LogP contribution in [0.1, 0.15) is 17.5 Å². The molecule has 0 aliphatic carbocycles. The molecule has 134 valence electrons. The topological polar surface area (TPSA) is 111 Å². The zero-order valence-corrected chi connectivity index (χ0v) is 14.2. The zero-order chi connectivity index (χ0) is 18.1. The van der Waals surface area contributed by atoms with Crippen molar-refractivity contribution in [2.24, 2.45) is 0 Å². The van der Waals surface area contributed by atoms with Crippen molar-refractivity contribution in [1.29, 1.82) is 0 Å². The van der Waals surface area contributed by atoms with Gasteiger partial charge in [0.1, 0.15) is 12.1 Å². The maximum absolute atomic E-state index is 12.2. The first-order valence-electron chi connectivity index (χ1n) is 8.25. The standard InChI is InChI=1S/C17H22N4O4/c1-9-3-4-11(5-10(9)2)18-17(25)19-12-6-14-15(23)20-13(8-22)16(24)21(14)7-12/h3-5,12-14,22H,6-8H2,1-2H3,(H,20,23)(H2,18,19,25)/t12-,13+,14-/m0/s1. The van der Waals surface area contributed by atoms with Crippen LogP contribution in [0, 0.1) is 13.8 Å². The summed E-state index contributed by atoms with van der Waals surface area (Å²) < 4.78 is 0. The van der Waals surface area contributed by atoms with E-state index < -0.39 is 18.7 Å². The third-order valence-electron chi connectivity index (χ3n) is 4.78. The summed E-state index contributed by atoms with van der Waals surface area (Å²) in [4.78, 5) is 37.9. The summed E-state index contributed by atoms with van der Waals surface area (Å²) in [7, 11) is 0. The Morgan fingerprint density at radius 3 is 2.76 bits per heavy atom. The maximum atomic E-state index is 12.2. The van der Waals surface area contributed by atoms with E-state index in [1.807, 2.05) is 32.0 Å². The summed E-state index contributed by atoms with van der Waals surface area (Å²) in [6, 6.07) is 3.45. The summed E-state index contributed by atoms with van der Waals surface area (Å²) in [5.74, 6) is -0.608. The molecule has 0 radical (unpaired) electrons. The van der Waals surface area contributed by atoms with Crippen molar-refractivity contribution in [3.63, 3.8) is 0 Å². The molecule has 3 rings (SSSR count). The number of carbonyl (C=O) groups is 3. The molecule has 0 bridgehead atoms. The van der Waals surface area contributed by atoms with Crippen molar-refractivity contribution >= 4 is 23.5 Å². The van der Waals surface area contributed by atoms with Gasteiger partial charge in [-0.15, -0.1) is 0 Å². The highest BCUT2D eigenvalue weighted by molar-refractivity contribution is 5.98. The van der Waals surface area contributed by atoms with Crippen LogP contribution in [0.4, 0.5) is 10.5 Å². The number of aliphatic hydroxyl groups excluding tert-OH is 1. The van der Waals surface area contributed by atoms with Crippen molar-refractivity contribution in [3.05, 3.63) is 29.3 Å². The van der Waals surface area contributed by atoms with Crippen LogP contribution in [-0.2, 0) is 9.59 Å². The Hall–Kier alpha value is -2.61. The molecule has 8 nitrogen and oxygen atoms in total. The van der Waals surface area contributed by atoms with E-state index >= 15 is 0 Å². The maximum Gasteiger partial charge on any atom is 0.319 e. The molecule has 8 heteroatoms. The number of nitrogens with one attached hydrogen (secondary N) is 3. The van der Waals surface area contributed by atoms with Crippen LogP contribution < -0.4 is 16.0 Å². The molecular formula is C17H22N4O4. The summed E-state index contributed by atoms with van der Waals surface area (Å²) in [6.07, 6.45) is 0.357. The quantitative estimate of drug-likeness (QED) is 0.612. The molecule has 0 spiro atoms. The highest BCUT2D eigenvalue weighted by Crippen LogP contribution is 2.23. The van der Waals surface area contributed by atoms with E-state index in [4.69, 9.17) is 0 Å². The third-order valence-corrected chi connectivity index (χ3v) is 4.78. The number of aryl methyl sites for hydroxylation is 2. The number of anilines is 1. The Kier molecular flexibility index (Phi) is 4.63. The molecule has 2 aliphatic rings. The molecule has 3 atom stereocenters. The second-order valence-corrected chi connectivity index (χ2v) is 6.58. The number of hydrogen-bond donors (Lipinski definition) is 4. The minimum Gasteiger partial charge on any atom is -0.394 e. The predicted molar refractivity (Wildman–Crippen MR) is 91.0 cm³/mol. The van der Waals surface area contributed by atoms with Crippen LogP contribution in [0.25, 0.3) is 0 Å². The average molecular weight is 346 g/mol. The number of amides is 4. The van der Waals surface area contributed by atoms with E-state index in [0.717, 1.165) is 11.1 Å². The van der Waals surface area contributed by atoms with Crippen molar-refractivity contribution < 1.29 is 19.5 Å². The number of benzene rings is 1. The average Bonchev–Trinajstić information content (AvgIpc) is 2.98. The minimum atomic E-state index is -0.896. The Labute approximate surface area is 145 Å². The van der Waals surface area contributed by atoms with Gasteiger partial charge in [0, 0.05) is 12.2 Å². The van der Waals surface area contributed by atoms with Crippen LogP contribution in [0.2, 0.25) is 0 Å². The van der Waals surface area contributed by atoms with E-state index in [9.17, 15) is 19.5 Å². The molecular weight excluding hydrogens is 324 g/mol. The van der Waals surface area contributed by atoms with Crippen molar-refractivity contribution in [2.45, 2.75) is 38.4 Å². The second kappa shape index (κ2) is 6.72. The van der Waals surface area contributed by atoms with Gasteiger partial charge in [-0.3, -0.25) is 9.59 Å². The highest BCUT2D eigenvalue weighted by atomic mass is 16.3. The number of urea groups is 1. The first-order chi connectivity index (χ1) is 11.9. The first-order valence-corrected chi connectivity index (χ1v) is 8.25. The predicted octanol–water partition coefficient (Wildman–Crippen LogP) is -0.115. The van der Waals surface area contributed by atoms with Gasteiger partial charge in [-0.1, -0.05) is 6.07 Å². The van der Waals surface area contributed by atoms with Gasteiger partial charge < -0.3 is 26.0 Å². The highest BCUT2D eigenvalue weighted by Gasteiger charge is 2.46. The monoisotopic (exact) mass is 346 g/mol. The number of piperazine rings is 1. The Balaban J connectivity index is 1.60. The van der Waals surface area contributed by atoms with Crippen molar-refractivity contribution in [1.82, 2.24) is 15.5 Å². The lowest BCUT2D eigenvalue weighted by molar-refractivity contribution is -0.148. The summed E-state index contributed by atoms with van der Waals surface area (Å²) in [5.41, 5.74) is 2.90. The number of nitrogens with zero attached hydrogens (tertiary/aromatic N) is 1. The van der Waals surface area contributed by atoms with Crippen LogP contribution in [0.5, 0.6) is 0 Å². The molecule has 4 amide bonds. The van der Waals surface area contributed by atoms with Crippen LogP contribution in [0.15, 0.2) is 18.2 Å². The van der Waals surface area contributed by atoms with Crippen LogP contribution in [0.3, 0.4) is 0 Å². The molecule has 4 N–H and O–H groups in total. The zero-order valence-electron chi connectivity index (χ0n) is 14.2. The largest absolute Gasteiger partial charge is 0.394 e. The normalized spacial score (nSPS) is 25.4.